The Kier molecular flexibility index (Phi) is 6.65. The van der Waals surface area contributed by atoms with Crippen LogP contribution in [0.3, 0.4) is 0 Å². The fourth-order valence-corrected chi connectivity index (χ4v) is 3.96. The second-order valence-electron chi connectivity index (χ2n) is 7.77. The third-order valence-electron chi connectivity index (χ3n) is 5.69. The van der Waals surface area contributed by atoms with Gasteiger partial charge in [-0.25, -0.2) is 0 Å². The molecule has 0 fully saturated rings. The van der Waals surface area contributed by atoms with Crippen molar-refractivity contribution >= 4 is 5.91 Å². The molecule has 9 heteroatoms. The molecule has 1 aliphatic heterocycles. The first-order valence-electron chi connectivity index (χ1n) is 10.6. The summed E-state index contributed by atoms with van der Waals surface area (Å²) < 4.78 is 13.0. The maximum absolute atomic E-state index is 12.5. The van der Waals surface area contributed by atoms with Crippen LogP contribution in [-0.2, 0) is 19.5 Å². The van der Waals surface area contributed by atoms with E-state index in [0.29, 0.717) is 5.56 Å². The number of nitrogens with zero attached hydrogens (tertiary/aromatic N) is 5. The van der Waals surface area contributed by atoms with Gasteiger partial charge in [0.25, 0.3) is 5.91 Å². The van der Waals surface area contributed by atoms with Crippen LogP contribution in [0.2, 0.25) is 0 Å². The van der Waals surface area contributed by atoms with E-state index in [0.717, 1.165) is 61.3 Å². The molecule has 0 spiro atoms. The number of carbonyl (C=O) groups excluding carboxylic acids is 1. The molecule has 1 aliphatic rings. The van der Waals surface area contributed by atoms with Crippen LogP contribution in [0.5, 0.6) is 11.5 Å². The SMILES string of the molecule is COc1ccc(OC)c(CN2CCc3nnc([C@H](C)NC(=O)c4cccnc4)n3CC2)c1. The van der Waals surface area contributed by atoms with Crippen molar-refractivity contribution < 1.29 is 14.3 Å². The average molecular weight is 437 g/mol. The number of hydrogen-bond donors (Lipinski definition) is 1. The van der Waals surface area contributed by atoms with Gasteiger partial charge in [-0.1, -0.05) is 0 Å². The number of carbonyl (C=O) groups is 1. The number of aromatic nitrogens is 4. The molecule has 1 amide bonds. The van der Waals surface area contributed by atoms with Gasteiger partial charge in [0, 0.05) is 50.6 Å². The van der Waals surface area contributed by atoms with Gasteiger partial charge in [0.15, 0.2) is 5.82 Å². The molecule has 32 heavy (non-hydrogen) atoms. The molecule has 1 aromatic carbocycles. The summed E-state index contributed by atoms with van der Waals surface area (Å²) in [4.78, 5) is 18.9. The molecular formula is C23H28N6O3. The van der Waals surface area contributed by atoms with E-state index in [2.05, 4.69) is 30.0 Å². The van der Waals surface area contributed by atoms with Crippen molar-refractivity contribution in [1.29, 1.82) is 0 Å². The number of benzene rings is 1. The molecule has 0 bridgehead atoms. The lowest BCUT2D eigenvalue weighted by atomic mass is 10.1. The third-order valence-corrected chi connectivity index (χ3v) is 5.69. The van der Waals surface area contributed by atoms with Gasteiger partial charge in [-0.15, -0.1) is 10.2 Å². The normalized spacial score (nSPS) is 14.8. The van der Waals surface area contributed by atoms with E-state index >= 15 is 0 Å². The number of hydrogen-bond acceptors (Lipinski definition) is 7. The quantitative estimate of drug-likeness (QED) is 0.607. The summed E-state index contributed by atoms with van der Waals surface area (Å²) >= 11 is 0. The molecule has 0 radical (unpaired) electrons. The summed E-state index contributed by atoms with van der Waals surface area (Å²) in [5, 5.41) is 11.8. The molecular weight excluding hydrogens is 408 g/mol. The number of methoxy groups -OCH3 is 2. The number of nitrogens with one attached hydrogen (secondary N) is 1. The highest BCUT2D eigenvalue weighted by Crippen LogP contribution is 2.26. The van der Waals surface area contributed by atoms with Crippen LogP contribution < -0.4 is 14.8 Å². The second kappa shape index (κ2) is 9.78. The summed E-state index contributed by atoms with van der Waals surface area (Å²) in [6, 6.07) is 9.07. The number of amides is 1. The van der Waals surface area contributed by atoms with Crippen LogP contribution >= 0.6 is 0 Å². The highest BCUT2D eigenvalue weighted by molar-refractivity contribution is 5.94. The highest BCUT2D eigenvalue weighted by Gasteiger charge is 2.23. The van der Waals surface area contributed by atoms with Crippen molar-refractivity contribution in [2.45, 2.75) is 32.5 Å². The summed E-state index contributed by atoms with van der Waals surface area (Å²) in [5.41, 5.74) is 1.61. The Morgan fingerprint density at radius 3 is 2.78 bits per heavy atom. The minimum Gasteiger partial charge on any atom is -0.497 e. The molecule has 2 aromatic heterocycles. The maximum atomic E-state index is 12.5. The lowest BCUT2D eigenvalue weighted by molar-refractivity contribution is 0.0937. The molecule has 3 aromatic rings. The molecule has 0 aliphatic carbocycles. The van der Waals surface area contributed by atoms with Crippen LogP contribution in [-0.4, -0.2) is 57.9 Å². The Hall–Kier alpha value is -3.46. The molecule has 1 atom stereocenters. The predicted molar refractivity (Wildman–Crippen MR) is 119 cm³/mol. The molecule has 0 saturated heterocycles. The van der Waals surface area contributed by atoms with E-state index in [1.807, 2.05) is 25.1 Å². The Morgan fingerprint density at radius 2 is 2.03 bits per heavy atom. The average Bonchev–Trinajstić information content (AvgIpc) is 3.14. The molecule has 168 valence electrons. The van der Waals surface area contributed by atoms with Crippen molar-refractivity contribution in [3.8, 4) is 11.5 Å². The molecule has 0 saturated carbocycles. The van der Waals surface area contributed by atoms with Gasteiger partial charge < -0.3 is 19.4 Å². The highest BCUT2D eigenvalue weighted by atomic mass is 16.5. The van der Waals surface area contributed by atoms with Gasteiger partial charge >= 0.3 is 0 Å². The van der Waals surface area contributed by atoms with Crippen LogP contribution in [0, 0.1) is 0 Å². The smallest absolute Gasteiger partial charge is 0.253 e. The Labute approximate surface area is 187 Å². The lowest BCUT2D eigenvalue weighted by Gasteiger charge is -2.21. The summed E-state index contributed by atoms with van der Waals surface area (Å²) in [6.07, 6.45) is 3.98. The maximum Gasteiger partial charge on any atom is 0.253 e. The summed E-state index contributed by atoms with van der Waals surface area (Å²) in [7, 11) is 3.35. The van der Waals surface area contributed by atoms with Gasteiger partial charge in [0.1, 0.15) is 17.3 Å². The van der Waals surface area contributed by atoms with Gasteiger partial charge in [-0.2, -0.15) is 0 Å². The summed E-state index contributed by atoms with van der Waals surface area (Å²) in [6.45, 7) is 5.12. The largest absolute Gasteiger partial charge is 0.497 e. The standard InChI is InChI=1S/C23H28N6O3/c1-16(25-23(30)17-5-4-9-24-14-17)22-27-26-21-8-10-28(11-12-29(21)22)15-18-13-19(31-2)6-7-20(18)32-3/h4-7,9,13-14,16H,8,10-12,15H2,1-3H3,(H,25,30)/t16-/m0/s1. The third kappa shape index (κ3) is 4.72. The van der Waals surface area contributed by atoms with Gasteiger partial charge in [0.05, 0.1) is 25.8 Å². The minimum atomic E-state index is -0.269. The number of pyridine rings is 1. The summed E-state index contributed by atoms with van der Waals surface area (Å²) in [5.74, 6) is 3.18. The van der Waals surface area contributed by atoms with Crippen LogP contribution in [0.15, 0.2) is 42.7 Å². The van der Waals surface area contributed by atoms with Gasteiger partial charge in [-0.3, -0.25) is 14.7 Å². The van der Waals surface area contributed by atoms with Crippen molar-refractivity contribution in [3.63, 3.8) is 0 Å². The van der Waals surface area contributed by atoms with Crippen molar-refractivity contribution in [2.75, 3.05) is 27.3 Å². The zero-order valence-corrected chi connectivity index (χ0v) is 18.6. The number of ether oxygens (including phenoxy) is 2. The Balaban J connectivity index is 1.44. The van der Waals surface area contributed by atoms with E-state index in [1.54, 1.807) is 38.7 Å². The fraction of sp³-hybridized carbons (Fsp3) is 0.391. The van der Waals surface area contributed by atoms with E-state index in [9.17, 15) is 4.79 Å². The molecule has 1 N–H and O–H groups in total. The zero-order chi connectivity index (χ0) is 22.5. The monoisotopic (exact) mass is 436 g/mol. The molecule has 3 heterocycles. The molecule has 9 nitrogen and oxygen atoms in total. The first kappa shape index (κ1) is 21.8. The zero-order valence-electron chi connectivity index (χ0n) is 18.6. The number of rotatable bonds is 7. The predicted octanol–water partition coefficient (Wildman–Crippen LogP) is 2.24. The van der Waals surface area contributed by atoms with Crippen LogP contribution in [0.1, 0.15) is 40.5 Å². The first-order valence-corrected chi connectivity index (χ1v) is 10.6. The minimum absolute atomic E-state index is 0.177. The van der Waals surface area contributed by atoms with Crippen molar-refractivity contribution in [2.24, 2.45) is 0 Å². The topological polar surface area (TPSA) is 94.4 Å². The fourth-order valence-electron chi connectivity index (χ4n) is 3.96. The number of fused-ring (bicyclic) bond motifs is 1. The van der Waals surface area contributed by atoms with Crippen molar-refractivity contribution in [1.82, 2.24) is 30.0 Å². The van der Waals surface area contributed by atoms with Crippen molar-refractivity contribution in [3.05, 3.63) is 65.5 Å². The van der Waals surface area contributed by atoms with Gasteiger partial charge in [-0.05, 0) is 37.3 Å². The Bertz CT molecular complexity index is 1070. The second-order valence-corrected chi connectivity index (χ2v) is 7.77. The van der Waals surface area contributed by atoms with E-state index in [4.69, 9.17) is 9.47 Å². The van der Waals surface area contributed by atoms with E-state index < -0.39 is 0 Å². The van der Waals surface area contributed by atoms with E-state index in [-0.39, 0.29) is 11.9 Å². The van der Waals surface area contributed by atoms with E-state index in [1.165, 1.54) is 0 Å². The van der Waals surface area contributed by atoms with Crippen LogP contribution in [0.4, 0.5) is 0 Å². The molecule has 4 rings (SSSR count). The Morgan fingerprint density at radius 1 is 1.16 bits per heavy atom. The first-order chi connectivity index (χ1) is 15.6. The molecule has 0 unspecified atom stereocenters. The lowest BCUT2D eigenvalue weighted by Crippen LogP contribution is -2.30. The van der Waals surface area contributed by atoms with Crippen LogP contribution in [0.25, 0.3) is 0 Å². The van der Waals surface area contributed by atoms with Gasteiger partial charge in [0.2, 0.25) is 0 Å².